The number of nitrogens with zero attached hydrogens (tertiary/aromatic N) is 2. The van der Waals surface area contributed by atoms with Crippen LogP contribution in [0.4, 0.5) is 0 Å². The minimum Gasteiger partial charge on any atom is -0.460 e. The molecule has 17 heavy (non-hydrogen) atoms. The van der Waals surface area contributed by atoms with Crippen LogP contribution >= 0.6 is 0 Å². The number of aromatic nitrogens is 2. The highest BCUT2D eigenvalue weighted by atomic mass is 16.5. The van der Waals surface area contributed by atoms with E-state index in [9.17, 15) is 0 Å². The Morgan fingerprint density at radius 2 is 1.76 bits per heavy atom. The van der Waals surface area contributed by atoms with Crippen molar-refractivity contribution in [3.63, 3.8) is 0 Å². The molecular formula is C13H21N3O. The second-order valence-electron chi connectivity index (χ2n) is 5.57. The van der Waals surface area contributed by atoms with Crippen LogP contribution in [0, 0.1) is 0 Å². The van der Waals surface area contributed by atoms with E-state index >= 15 is 0 Å². The average Bonchev–Trinajstić information content (AvgIpc) is 2.30. The highest BCUT2D eigenvalue weighted by molar-refractivity contribution is 5.16. The molecule has 0 saturated carbocycles. The summed E-state index contributed by atoms with van der Waals surface area (Å²) < 4.78 is 5.76. The number of hydrogen-bond donors (Lipinski definition) is 1. The highest BCUT2D eigenvalue weighted by Crippen LogP contribution is 2.21. The average molecular weight is 235 g/mol. The van der Waals surface area contributed by atoms with Gasteiger partial charge in [-0.2, -0.15) is 0 Å². The molecule has 0 amide bonds. The van der Waals surface area contributed by atoms with E-state index in [-0.39, 0.29) is 11.5 Å². The lowest BCUT2D eigenvalue weighted by atomic mass is 9.89. The third-order valence-electron chi connectivity index (χ3n) is 3.05. The maximum absolute atomic E-state index is 5.76. The smallest absolute Gasteiger partial charge is 0.316 e. The Kier molecular flexibility index (Phi) is 3.62. The topological polar surface area (TPSA) is 47.0 Å². The third-order valence-corrected chi connectivity index (χ3v) is 3.05. The van der Waals surface area contributed by atoms with Gasteiger partial charge in [0.1, 0.15) is 6.10 Å². The standard InChI is InChI=1S/C13H21N3O/c1-13(2,3)10-8-15-12(16-9-10)17-11-4-6-14-7-5-11/h8-9,11,14H,4-7H2,1-3H3. The van der Waals surface area contributed by atoms with Gasteiger partial charge in [-0.15, -0.1) is 0 Å². The third kappa shape index (κ3) is 3.40. The number of piperidine rings is 1. The van der Waals surface area contributed by atoms with Crippen LogP contribution in [0.5, 0.6) is 6.01 Å². The van der Waals surface area contributed by atoms with E-state index in [0.717, 1.165) is 31.5 Å². The van der Waals surface area contributed by atoms with Crippen LogP contribution in [0.1, 0.15) is 39.2 Å². The maximum atomic E-state index is 5.76. The molecule has 1 N–H and O–H groups in total. The molecule has 2 rings (SSSR count). The van der Waals surface area contributed by atoms with E-state index in [0.29, 0.717) is 6.01 Å². The minimum atomic E-state index is 0.0906. The molecule has 1 aliphatic rings. The van der Waals surface area contributed by atoms with Crippen molar-refractivity contribution in [3.8, 4) is 6.01 Å². The summed E-state index contributed by atoms with van der Waals surface area (Å²) in [5, 5.41) is 3.31. The van der Waals surface area contributed by atoms with E-state index < -0.39 is 0 Å². The van der Waals surface area contributed by atoms with Crippen LogP contribution in [0.25, 0.3) is 0 Å². The summed E-state index contributed by atoms with van der Waals surface area (Å²) in [6.45, 7) is 8.49. The molecule has 0 atom stereocenters. The zero-order chi connectivity index (χ0) is 12.3. The Bertz CT molecular complexity index is 350. The lowest BCUT2D eigenvalue weighted by molar-refractivity contribution is 0.148. The van der Waals surface area contributed by atoms with Gasteiger partial charge in [-0.25, -0.2) is 9.97 Å². The Balaban J connectivity index is 1.98. The van der Waals surface area contributed by atoms with Crippen molar-refractivity contribution in [1.82, 2.24) is 15.3 Å². The Hall–Kier alpha value is -1.16. The minimum absolute atomic E-state index is 0.0906. The lowest BCUT2D eigenvalue weighted by Gasteiger charge is -2.23. The van der Waals surface area contributed by atoms with Gasteiger partial charge in [-0.1, -0.05) is 20.8 Å². The Labute approximate surface area is 103 Å². The van der Waals surface area contributed by atoms with E-state index in [1.54, 1.807) is 0 Å². The molecule has 1 aromatic heterocycles. The van der Waals surface area contributed by atoms with Crippen LogP contribution < -0.4 is 10.1 Å². The van der Waals surface area contributed by atoms with Gasteiger partial charge in [-0.3, -0.25) is 0 Å². The van der Waals surface area contributed by atoms with Gasteiger partial charge < -0.3 is 10.1 Å². The van der Waals surface area contributed by atoms with Crippen LogP contribution in [0.2, 0.25) is 0 Å². The molecule has 1 saturated heterocycles. The van der Waals surface area contributed by atoms with Crippen LogP contribution in [0.15, 0.2) is 12.4 Å². The molecule has 0 aromatic carbocycles. The van der Waals surface area contributed by atoms with E-state index in [4.69, 9.17) is 4.74 Å². The van der Waals surface area contributed by atoms with Crippen molar-refractivity contribution in [2.75, 3.05) is 13.1 Å². The number of nitrogens with one attached hydrogen (secondary N) is 1. The summed E-state index contributed by atoms with van der Waals surface area (Å²) in [5.74, 6) is 0. The first-order valence-corrected chi connectivity index (χ1v) is 6.25. The normalized spacial score (nSPS) is 18.1. The summed E-state index contributed by atoms with van der Waals surface area (Å²) >= 11 is 0. The summed E-state index contributed by atoms with van der Waals surface area (Å²) in [4.78, 5) is 8.57. The van der Waals surface area contributed by atoms with Gasteiger partial charge in [0.05, 0.1) is 0 Å². The molecule has 0 aliphatic carbocycles. The van der Waals surface area contributed by atoms with E-state index in [1.807, 2.05) is 12.4 Å². The van der Waals surface area contributed by atoms with Crippen molar-refractivity contribution in [3.05, 3.63) is 18.0 Å². The van der Waals surface area contributed by atoms with E-state index in [2.05, 4.69) is 36.1 Å². The van der Waals surface area contributed by atoms with Crippen molar-refractivity contribution in [1.29, 1.82) is 0 Å². The quantitative estimate of drug-likeness (QED) is 0.850. The molecule has 4 heteroatoms. The molecule has 0 bridgehead atoms. The highest BCUT2D eigenvalue weighted by Gasteiger charge is 2.17. The number of rotatable bonds is 2. The fraction of sp³-hybridized carbons (Fsp3) is 0.692. The number of hydrogen-bond acceptors (Lipinski definition) is 4. The Morgan fingerprint density at radius 1 is 1.18 bits per heavy atom. The van der Waals surface area contributed by atoms with Gasteiger partial charge in [0, 0.05) is 12.4 Å². The SMILES string of the molecule is CC(C)(C)c1cnc(OC2CCNCC2)nc1. The Morgan fingerprint density at radius 3 is 2.29 bits per heavy atom. The summed E-state index contributed by atoms with van der Waals surface area (Å²) in [6.07, 6.45) is 6.05. The molecule has 0 unspecified atom stereocenters. The summed E-state index contributed by atoms with van der Waals surface area (Å²) in [5.41, 5.74) is 1.22. The van der Waals surface area contributed by atoms with Crippen LogP contribution in [-0.4, -0.2) is 29.2 Å². The zero-order valence-electron chi connectivity index (χ0n) is 10.9. The first kappa shape index (κ1) is 12.3. The first-order valence-electron chi connectivity index (χ1n) is 6.25. The predicted octanol–water partition coefficient (Wildman–Crippen LogP) is 1.90. The fourth-order valence-corrected chi connectivity index (χ4v) is 1.83. The zero-order valence-corrected chi connectivity index (χ0v) is 10.9. The maximum Gasteiger partial charge on any atom is 0.316 e. The fourth-order valence-electron chi connectivity index (χ4n) is 1.83. The van der Waals surface area contributed by atoms with Gasteiger partial charge >= 0.3 is 6.01 Å². The van der Waals surface area contributed by atoms with Gasteiger partial charge in [-0.05, 0) is 36.9 Å². The van der Waals surface area contributed by atoms with Gasteiger partial charge in [0.25, 0.3) is 0 Å². The predicted molar refractivity (Wildman–Crippen MR) is 67.3 cm³/mol. The van der Waals surface area contributed by atoms with Crippen molar-refractivity contribution in [2.24, 2.45) is 0 Å². The number of ether oxygens (including phenoxy) is 1. The molecule has 0 spiro atoms. The first-order chi connectivity index (χ1) is 8.05. The second-order valence-corrected chi connectivity index (χ2v) is 5.57. The molecule has 0 radical (unpaired) electrons. The summed E-state index contributed by atoms with van der Waals surface area (Å²) in [7, 11) is 0. The summed E-state index contributed by atoms with van der Waals surface area (Å²) in [6, 6.07) is 0.505. The molecule has 4 nitrogen and oxygen atoms in total. The van der Waals surface area contributed by atoms with E-state index in [1.165, 1.54) is 0 Å². The van der Waals surface area contributed by atoms with Crippen molar-refractivity contribution < 1.29 is 4.74 Å². The van der Waals surface area contributed by atoms with Gasteiger partial charge in [0.15, 0.2) is 0 Å². The van der Waals surface area contributed by atoms with Crippen molar-refractivity contribution >= 4 is 0 Å². The molecule has 1 aromatic rings. The molecule has 1 aliphatic heterocycles. The van der Waals surface area contributed by atoms with Gasteiger partial charge in [0.2, 0.25) is 0 Å². The lowest BCUT2D eigenvalue weighted by Crippen LogP contribution is -2.34. The van der Waals surface area contributed by atoms with Crippen molar-refractivity contribution in [2.45, 2.75) is 45.1 Å². The largest absolute Gasteiger partial charge is 0.460 e. The molecule has 2 heterocycles. The monoisotopic (exact) mass is 235 g/mol. The van der Waals surface area contributed by atoms with Crippen LogP contribution in [0.3, 0.4) is 0 Å². The second kappa shape index (κ2) is 5.00. The van der Waals surface area contributed by atoms with Crippen LogP contribution in [-0.2, 0) is 5.41 Å². The molecule has 1 fully saturated rings. The molecular weight excluding hydrogens is 214 g/mol. The molecule has 94 valence electrons.